The zero-order valence-electron chi connectivity index (χ0n) is 11.6. The second kappa shape index (κ2) is 6.67. The van der Waals surface area contributed by atoms with Crippen molar-refractivity contribution < 1.29 is 13.9 Å². The average Bonchev–Trinajstić information content (AvgIpc) is 2.49. The van der Waals surface area contributed by atoms with E-state index in [1.165, 1.54) is 6.07 Å². The van der Waals surface area contributed by atoms with Gasteiger partial charge >= 0.3 is 0 Å². The highest BCUT2D eigenvalue weighted by Crippen LogP contribution is 2.19. The van der Waals surface area contributed by atoms with Crippen molar-refractivity contribution in [1.82, 2.24) is 0 Å². The van der Waals surface area contributed by atoms with Gasteiger partial charge in [-0.05, 0) is 36.2 Å². The molecule has 0 saturated carbocycles. The van der Waals surface area contributed by atoms with E-state index < -0.39 is 5.82 Å². The molecule has 0 aliphatic heterocycles. The van der Waals surface area contributed by atoms with E-state index in [2.05, 4.69) is 0 Å². The molecule has 0 amide bonds. The molecular formula is C17H14FNO2. The highest BCUT2D eigenvalue weighted by atomic mass is 19.1. The zero-order valence-corrected chi connectivity index (χ0v) is 11.6. The predicted octanol–water partition coefficient (Wildman–Crippen LogP) is 3.20. The number of aryl methyl sites for hydroxylation is 1. The van der Waals surface area contributed by atoms with Crippen LogP contribution >= 0.6 is 0 Å². The second-order valence-corrected chi connectivity index (χ2v) is 4.69. The lowest BCUT2D eigenvalue weighted by Crippen LogP contribution is -2.15. The molecule has 2 aromatic rings. The van der Waals surface area contributed by atoms with Crippen LogP contribution in [0.5, 0.6) is 5.75 Å². The van der Waals surface area contributed by atoms with Crippen LogP contribution in [0.3, 0.4) is 0 Å². The van der Waals surface area contributed by atoms with Crippen LogP contribution in [0.25, 0.3) is 0 Å². The molecule has 3 nitrogen and oxygen atoms in total. The summed E-state index contributed by atoms with van der Waals surface area (Å²) in [5.74, 6) is -0.119. The minimum atomic E-state index is -0.395. The van der Waals surface area contributed by atoms with E-state index >= 15 is 0 Å². The van der Waals surface area contributed by atoms with Crippen molar-refractivity contribution in [3.05, 3.63) is 65.0 Å². The highest BCUT2D eigenvalue weighted by molar-refractivity contribution is 5.82. The molecule has 0 aliphatic rings. The Morgan fingerprint density at radius 2 is 2.05 bits per heavy atom. The molecule has 0 radical (unpaired) electrons. The van der Waals surface area contributed by atoms with Gasteiger partial charge in [0.1, 0.15) is 18.2 Å². The number of rotatable bonds is 5. The molecule has 0 saturated heterocycles. The van der Waals surface area contributed by atoms with Crippen molar-refractivity contribution in [1.29, 1.82) is 5.26 Å². The Hall–Kier alpha value is -2.67. The van der Waals surface area contributed by atoms with E-state index in [9.17, 15) is 9.18 Å². The molecule has 0 fully saturated rings. The Balaban J connectivity index is 1.99. The molecule has 0 atom stereocenters. The van der Waals surface area contributed by atoms with Gasteiger partial charge in [-0.15, -0.1) is 0 Å². The van der Waals surface area contributed by atoms with Crippen molar-refractivity contribution >= 4 is 5.78 Å². The fraction of sp³-hybridized carbons (Fsp3) is 0.176. The third kappa shape index (κ3) is 3.90. The monoisotopic (exact) mass is 283 g/mol. The number of ketones is 1. The van der Waals surface area contributed by atoms with Crippen LogP contribution in [-0.2, 0) is 11.2 Å². The van der Waals surface area contributed by atoms with Crippen LogP contribution < -0.4 is 4.74 Å². The fourth-order valence-corrected chi connectivity index (χ4v) is 1.89. The number of hydrogen-bond donors (Lipinski definition) is 0. The zero-order chi connectivity index (χ0) is 15.2. The first-order chi connectivity index (χ1) is 10.1. The van der Waals surface area contributed by atoms with Crippen molar-refractivity contribution in [3.8, 4) is 11.8 Å². The largest absolute Gasteiger partial charge is 0.486 e. The van der Waals surface area contributed by atoms with Crippen LogP contribution in [0.15, 0.2) is 42.5 Å². The Kier molecular flexibility index (Phi) is 4.68. The smallest absolute Gasteiger partial charge is 0.174 e. The summed E-state index contributed by atoms with van der Waals surface area (Å²) in [6.45, 7) is 1.68. The minimum Gasteiger partial charge on any atom is -0.486 e. The maximum absolute atomic E-state index is 13.4. The van der Waals surface area contributed by atoms with Gasteiger partial charge in [-0.1, -0.05) is 24.3 Å². The Bertz CT molecular complexity index is 704. The second-order valence-electron chi connectivity index (χ2n) is 4.69. The number of nitriles is 1. The standard InChI is InChI=1S/C17H14FNO2/c1-12-6-7-13(10-19)8-17(12)21-11-15(20)9-14-4-2-3-5-16(14)18/h2-8H,9,11H2,1H3. The van der Waals surface area contributed by atoms with Crippen molar-refractivity contribution in [2.24, 2.45) is 0 Å². The molecule has 0 unspecified atom stereocenters. The minimum absolute atomic E-state index is 0.0103. The molecule has 0 N–H and O–H groups in total. The molecule has 0 bridgehead atoms. The Labute approximate surface area is 122 Å². The topological polar surface area (TPSA) is 50.1 Å². The summed E-state index contributed by atoms with van der Waals surface area (Å²) in [4.78, 5) is 11.8. The van der Waals surface area contributed by atoms with E-state index in [0.717, 1.165) is 5.56 Å². The number of Topliss-reactive ketones (excluding diaryl/α,β-unsaturated/α-hetero) is 1. The molecule has 0 aliphatic carbocycles. The number of ether oxygens (including phenoxy) is 1. The summed E-state index contributed by atoms with van der Waals surface area (Å²) in [6, 6.07) is 13.2. The summed E-state index contributed by atoms with van der Waals surface area (Å²) >= 11 is 0. The highest BCUT2D eigenvalue weighted by Gasteiger charge is 2.10. The van der Waals surface area contributed by atoms with Gasteiger partial charge in [0.05, 0.1) is 11.6 Å². The van der Waals surface area contributed by atoms with E-state index in [1.807, 2.05) is 13.0 Å². The Morgan fingerprint density at radius 3 is 2.76 bits per heavy atom. The van der Waals surface area contributed by atoms with Gasteiger partial charge in [-0.2, -0.15) is 5.26 Å². The first kappa shape index (κ1) is 14.7. The lowest BCUT2D eigenvalue weighted by Gasteiger charge is -2.09. The number of halogens is 1. The van der Waals surface area contributed by atoms with Gasteiger partial charge in [0, 0.05) is 6.42 Å². The van der Waals surface area contributed by atoms with Gasteiger partial charge in [0.25, 0.3) is 0 Å². The summed E-state index contributed by atoms with van der Waals surface area (Å²) in [5.41, 5.74) is 1.67. The third-order valence-corrected chi connectivity index (χ3v) is 3.05. The first-order valence-electron chi connectivity index (χ1n) is 6.49. The lowest BCUT2D eigenvalue weighted by atomic mass is 10.1. The maximum Gasteiger partial charge on any atom is 0.174 e. The molecule has 0 spiro atoms. The normalized spacial score (nSPS) is 9.95. The third-order valence-electron chi connectivity index (χ3n) is 3.05. The van der Waals surface area contributed by atoms with Gasteiger partial charge in [-0.3, -0.25) is 4.79 Å². The van der Waals surface area contributed by atoms with Gasteiger partial charge < -0.3 is 4.74 Å². The maximum atomic E-state index is 13.4. The van der Waals surface area contributed by atoms with Crippen molar-refractivity contribution in [2.45, 2.75) is 13.3 Å². The molecule has 2 rings (SSSR count). The summed E-state index contributed by atoms with van der Waals surface area (Å²) < 4.78 is 18.9. The molecule has 0 heterocycles. The number of carbonyl (C=O) groups excluding carboxylic acids is 1. The number of hydrogen-bond acceptors (Lipinski definition) is 3. The Morgan fingerprint density at radius 1 is 1.29 bits per heavy atom. The van der Waals surface area contributed by atoms with E-state index in [1.54, 1.807) is 36.4 Å². The number of benzene rings is 2. The van der Waals surface area contributed by atoms with Gasteiger partial charge in [0.15, 0.2) is 5.78 Å². The van der Waals surface area contributed by atoms with Crippen LogP contribution in [0.2, 0.25) is 0 Å². The lowest BCUT2D eigenvalue weighted by molar-refractivity contribution is -0.120. The van der Waals surface area contributed by atoms with Crippen LogP contribution in [-0.4, -0.2) is 12.4 Å². The molecule has 0 aromatic heterocycles. The van der Waals surface area contributed by atoms with E-state index in [-0.39, 0.29) is 18.8 Å². The van der Waals surface area contributed by atoms with Crippen LogP contribution in [0, 0.1) is 24.1 Å². The summed E-state index contributed by atoms with van der Waals surface area (Å²) in [6.07, 6.45) is -0.0103. The van der Waals surface area contributed by atoms with Gasteiger partial charge in [-0.25, -0.2) is 4.39 Å². The molecular weight excluding hydrogens is 269 g/mol. The number of nitrogens with zero attached hydrogens (tertiary/aromatic N) is 1. The predicted molar refractivity (Wildman–Crippen MR) is 76.5 cm³/mol. The molecule has 2 aromatic carbocycles. The van der Waals surface area contributed by atoms with Crippen molar-refractivity contribution in [2.75, 3.05) is 6.61 Å². The molecule has 4 heteroatoms. The van der Waals surface area contributed by atoms with E-state index in [4.69, 9.17) is 10.00 Å². The van der Waals surface area contributed by atoms with Crippen molar-refractivity contribution in [3.63, 3.8) is 0 Å². The summed E-state index contributed by atoms with van der Waals surface area (Å²) in [7, 11) is 0. The summed E-state index contributed by atoms with van der Waals surface area (Å²) in [5, 5.41) is 8.84. The molecule has 21 heavy (non-hydrogen) atoms. The fourth-order valence-electron chi connectivity index (χ4n) is 1.89. The van der Waals surface area contributed by atoms with E-state index in [0.29, 0.717) is 16.9 Å². The SMILES string of the molecule is Cc1ccc(C#N)cc1OCC(=O)Cc1ccccc1F. The first-order valence-corrected chi connectivity index (χ1v) is 6.49. The van der Waals surface area contributed by atoms with Gasteiger partial charge in [0.2, 0.25) is 0 Å². The number of carbonyl (C=O) groups is 1. The van der Waals surface area contributed by atoms with Crippen LogP contribution in [0.1, 0.15) is 16.7 Å². The molecule has 106 valence electrons. The average molecular weight is 283 g/mol. The van der Waals surface area contributed by atoms with Crippen LogP contribution in [0.4, 0.5) is 4.39 Å². The quantitative estimate of drug-likeness (QED) is 0.846.